The Morgan fingerprint density at radius 3 is 2.26 bits per heavy atom. The second kappa shape index (κ2) is 5.57. The minimum absolute atomic E-state index is 0.322. The molecule has 0 radical (unpaired) electrons. The van der Waals surface area contributed by atoms with Gasteiger partial charge in [-0.2, -0.15) is 0 Å². The van der Waals surface area contributed by atoms with E-state index < -0.39 is 0 Å². The standard InChI is InChI=1S/C16H15BrO2/c1-10-5-4-6-13(7-10)16(18)19-15-11(2)8-14(17)9-12(15)3/h4-9H,1-3H3. The van der Waals surface area contributed by atoms with Gasteiger partial charge in [-0.05, 0) is 56.2 Å². The normalized spacial score (nSPS) is 10.3. The van der Waals surface area contributed by atoms with Crippen molar-refractivity contribution < 1.29 is 9.53 Å². The van der Waals surface area contributed by atoms with Gasteiger partial charge in [0.2, 0.25) is 0 Å². The van der Waals surface area contributed by atoms with Crippen molar-refractivity contribution in [3.8, 4) is 5.75 Å². The molecule has 0 aliphatic rings. The molecule has 0 fully saturated rings. The molecule has 2 aromatic carbocycles. The third kappa shape index (κ3) is 3.24. The lowest BCUT2D eigenvalue weighted by Crippen LogP contribution is -2.10. The fraction of sp³-hybridized carbons (Fsp3) is 0.188. The first-order valence-electron chi connectivity index (χ1n) is 6.03. The summed E-state index contributed by atoms with van der Waals surface area (Å²) in [5.41, 5.74) is 3.49. The number of carbonyl (C=O) groups excluding carboxylic acids is 1. The molecule has 0 atom stereocenters. The molecule has 0 heterocycles. The molecule has 2 nitrogen and oxygen atoms in total. The number of esters is 1. The predicted octanol–water partition coefficient (Wildman–Crippen LogP) is 4.59. The first-order valence-corrected chi connectivity index (χ1v) is 6.82. The van der Waals surface area contributed by atoms with E-state index in [1.165, 1.54) is 0 Å². The van der Waals surface area contributed by atoms with Gasteiger partial charge in [-0.1, -0.05) is 33.6 Å². The average molecular weight is 319 g/mol. The van der Waals surface area contributed by atoms with Crippen molar-refractivity contribution >= 4 is 21.9 Å². The van der Waals surface area contributed by atoms with Crippen molar-refractivity contribution in [2.45, 2.75) is 20.8 Å². The van der Waals surface area contributed by atoms with Crippen LogP contribution in [-0.4, -0.2) is 5.97 Å². The van der Waals surface area contributed by atoms with E-state index in [0.717, 1.165) is 21.2 Å². The largest absolute Gasteiger partial charge is 0.422 e. The van der Waals surface area contributed by atoms with Crippen molar-refractivity contribution in [3.05, 3.63) is 63.1 Å². The molecule has 2 aromatic rings. The Morgan fingerprint density at radius 2 is 1.68 bits per heavy atom. The molecule has 0 aromatic heterocycles. The lowest BCUT2D eigenvalue weighted by atomic mass is 10.1. The Labute approximate surface area is 121 Å². The van der Waals surface area contributed by atoms with Crippen molar-refractivity contribution in [1.82, 2.24) is 0 Å². The van der Waals surface area contributed by atoms with Crippen LogP contribution >= 0.6 is 15.9 Å². The van der Waals surface area contributed by atoms with E-state index in [4.69, 9.17) is 4.74 Å². The van der Waals surface area contributed by atoms with Gasteiger partial charge in [0.25, 0.3) is 0 Å². The van der Waals surface area contributed by atoms with Crippen LogP contribution in [0.4, 0.5) is 0 Å². The van der Waals surface area contributed by atoms with Crippen molar-refractivity contribution in [1.29, 1.82) is 0 Å². The van der Waals surface area contributed by atoms with Gasteiger partial charge in [-0.25, -0.2) is 4.79 Å². The van der Waals surface area contributed by atoms with E-state index in [0.29, 0.717) is 11.3 Å². The average Bonchev–Trinajstić information content (AvgIpc) is 2.33. The Kier molecular flexibility index (Phi) is 4.05. The number of rotatable bonds is 2. The molecule has 0 N–H and O–H groups in total. The maximum Gasteiger partial charge on any atom is 0.343 e. The lowest BCUT2D eigenvalue weighted by Gasteiger charge is -2.11. The summed E-state index contributed by atoms with van der Waals surface area (Å²) >= 11 is 3.43. The highest BCUT2D eigenvalue weighted by atomic mass is 79.9. The zero-order chi connectivity index (χ0) is 14.0. The van der Waals surface area contributed by atoms with Crippen LogP contribution in [0.1, 0.15) is 27.0 Å². The summed E-state index contributed by atoms with van der Waals surface area (Å²) in [7, 11) is 0. The Balaban J connectivity index is 2.29. The van der Waals surface area contributed by atoms with Crippen LogP contribution in [-0.2, 0) is 0 Å². The summed E-state index contributed by atoms with van der Waals surface area (Å²) < 4.78 is 6.50. The van der Waals surface area contributed by atoms with Crippen LogP contribution in [0, 0.1) is 20.8 Å². The third-order valence-electron chi connectivity index (χ3n) is 2.87. The smallest absolute Gasteiger partial charge is 0.343 e. The van der Waals surface area contributed by atoms with Gasteiger partial charge in [0.1, 0.15) is 5.75 Å². The van der Waals surface area contributed by atoms with E-state index in [2.05, 4.69) is 15.9 Å². The molecule has 0 aliphatic carbocycles. The van der Waals surface area contributed by atoms with Crippen molar-refractivity contribution in [2.75, 3.05) is 0 Å². The van der Waals surface area contributed by atoms with Gasteiger partial charge in [0.05, 0.1) is 5.56 Å². The fourth-order valence-corrected chi connectivity index (χ4v) is 2.67. The van der Waals surface area contributed by atoms with Crippen LogP contribution in [0.5, 0.6) is 5.75 Å². The van der Waals surface area contributed by atoms with E-state index in [-0.39, 0.29) is 5.97 Å². The first-order chi connectivity index (χ1) is 8.97. The van der Waals surface area contributed by atoms with Gasteiger partial charge < -0.3 is 4.74 Å². The predicted molar refractivity (Wildman–Crippen MR) is 79.8 cm³/mol. The number of hydrogen-bond donors (Lipinski definition) is 0. The molecule has 3 heteroatoms. The Bertz CT molecular complexity index is 609. The van der Waals surface area contributed by atoms with E-state index in [1.807, 2.05) is 51.1 Å². The highest BCUT2D eigenvalue weighted by molar-refractivity contribution is 9.10. The Hall–Kier alpha value is -1.61. The molecule has 0 saturated heterocycles. The van der Waals surface area contributed by atoms with E-state index in [9.17, 15) is 4.79 Å². The van der Waals surface area contributed by atoms with Crippen LogP contribution in [0.3, 0.4) is 0 Å². The molecule has 0 unspecified atom stereocenters. The minimum Gasteiger partial charge on any atom is -0.422 e. The molecule has 0 amide bonds. The second-order valence-electron chi connectivity index (χ2n) is 4.63. The van der Waals surface area contributed by atoms with Gasteiger partial charge in [0.15, 0.2) is 0 Å². The first kappa shape index (κ1) is 13.8. The highest BCUT2D eigenvalue weighted by Crippen LogP contribution is 2.28. The highest BCUT2D eigenvalue weighted by Gasteiger charge is 2.13. The number of ether oxygens (including phenoxy) is 1. The quantitative estimate of drug-likeness (QED) is 0.597. The molecule has 0 saturated carbocycles. The van der Waals surface area contributed by atoms with Crippen LogP contribution in [0.2, 0.25) is 0 Å². The van der Waals surface area contributed by atoms with Crippen LogP contribution < -0.4 is 4.74 Å². The molecule has 2 rings (SSSR count). The zero-order valence-corrected chi connectivity index (χ0v) is 12.7. The summed E-state index contributed by atoms with van der Waals surface area (Å²) in [6.07, 6.45) is 0. The maximum absolute atomic E-state index is 12.1. The van der Waals surface area contributed by atoms with Crippen molar-refractivity contribution in [2.24, 2.45) is 0 Å². The molecule has 19 heavy (non-hydrogen) atoms. The van der Waals surface area contributed by atoms with Crippen LogP contribution in [0.15, 0.2) is 40.9 Å². The van der Waals surface area contributed by atoms with E-state index >= 15 is 0 Å². The monoisotopic (exact) mass is 318 g/mol. The maximum atomic E-state index is 12.1. The number of carbonyl (C=O) groups is 1. The fourth-order valence-electron chi connectivity index (χ4n) is 1.98. The van der Waals surface area contributed by atoms with Gasteiger partial charge in [0, 0.05) is 4.47 Å². The molecular weight excluding hydrogens is 304 g/mol. The number of benzene rings is 2. The van der Waals surface area contributed by atoms with E-state index in [1.54, 1.807) is 6.07 Å². The second-order valence-corrected chi connectivity index (χ2v) is 5.54. The van der Waals surface area contributed by atoms with Gasteiger partial charge in [-0.3, -0.25) is 0 Å². The van der Waals surface area contributed by atoms with Gasteiger partial charge >= 0.3 is 5.97 Å². The molecule has 98 valence electrons. The summed E-state index contributed by atoms with van der Waals surface area (Å²) in [6.45, 7) is 5.81. The summed E-state index contributed by atoms with van der Waals surface area (Å²) in [6, 6.07) is 11.3. The third-order valence-corrected chi connectivity index (χ3v) is 3.33. The lowest BCUT2D eigenvalue weighted by molar-refractivity contribution is 0.0732. The Morgan fingerprint density at radius 1 is 1.05 bits per heavy atom. The summed E-state index contributed by atoms with van der Waals surface area (Å²) in [5.74, 6) is 0.312. The zero-order valence-electron chi connectivity index (χ0n) is 11.2. The minimum atomic E-state index is -0.322. The molecular formula is C16H15BrO2. The molecule has 0 bridgehead atoms. The number of aryl methyl sites for hydroxylation is 3. The van der Waals surface area contributed by atoms with Gasteiger partial charge in [-0.15, -0.1) is 0 Å². The summed E-state index contributed by atoms with van der Waals surface area (Å²) in [4.78, 5) is 12.1. The molecule has 0 spiro atoms. The topological polar surface area (TPSA) is 26.3 Å². The summed E-state index contributed by atoms with van der Waals surface area (Å²) in [5, 5.41) is 0. The number of hydrogen-bond acceptors (Lipinski definition) is 2. The SMILES string of the molecule is Cc1cccc(C(=O)Oc2c(C)cc(Br)cc2C)c1. The van der Waals surface area contributed by atoms with Crippen molar-refractivity contribution in [3.63, 3.8) is 0 Å². The molecule has 0 aliphatic heterocycles. The van der Waals surface area contributed by atoms with Crippen LogP contribution in [0.25, 0.3) is 0 Å². The number of halogens is 1.